The van der Waals surface area contributed by atoms with Gasteiger partial charge in [-0.1, -0.05) is 11.6 Å². The number of nitrogens with one attached hydrogen (secondary N) is 1. The third-order valence-corrected chi connectivity index (χ3v) is 6.18. The van der Waals surface area contributed by atoms with E-state index in [1.54, 1.807) is 51.7 Å². The molecule has 1 saturated carbocycles. The van der Waals surface area contributed by atoms with E-state index in [0.29, 0.717) is 39.2 Å². The van der Waals surface area contributed by atoms with Crippen LogP contribution in [-0.4, -0.2) is 38.3 Å². The zero-order valence-electron chi connectivity index (χ0n) is 18.1. The van der Waals surface area contributed by atoms with Crippen molar-refractivity contribution < 1.29 is 4.74 Å². The highest BCUT2D eigenvalue weighted by molar-refractivity contribution is 6.36. The molecule has 12 nitrogen and oxygen atoms in total. The summed E-state index contributed by atoms with van der Waals surface area (Å²) < 4.78 is 12.0. The molecule has 0 saturated heterocycles. The molecule has 0 spiro atoms. The Bertz CT molecular complexity index is 1710. The van der Waals surface area contributed by atoms with Crippen LogP contribution < -0.4 is 21.3 Å². The Hall–Kier alpha value is -4.19. The van der Waals surface area contributed by atoms with Gasteiger partial charge in [-0.25, -0.2) is 14.3 Å². The molecule has 1 aliphatic rings. The van der Waals surface area contributed by atoms with Gasteiger partial charge in [-0.3, -0.25) is 18.9 Å². The smallest absolute Gasteiger partial charge is 0.331 e. The summed E-state index contributed by atoms with van der Waals surface area (Å²) in [5, 5.41) is 7.56. The monoisotopic (exact) mass is 479 g/mol. The molecule has 34 heavy (non-hydrogen) atoms. The van der Waals surface area contributed by atoms with Crippen LogP contribution in [0.3, 0.4) is 0 Å². The molecule has 0 atom stereocenters. The van der Waals surface area contributed by atoms with Gasteiger partial charge in [0.1, 0.15) is 21.7 Å². The van der Waals surface area contributed by atoms with Crippen LogP contribution in [0.4, 0.5) is 11.6 Å². The van der Waals surface area contributed by atoms with Crippen LogP contribution >= 0.6 is 11.6 Å². The van der Waals surface area contributed by atoms with Crippen molar-refractivity contribution in [3.05, 3.63) is 63.0 Å². The highest BCUT2D eigenvalue weighted by Crippen LogP contribution is 2.37. The molecule has 1 aliphatic carbocycles. The largest absolute Gasteiger partial charge is 0.450 e. The molecule has 0 radical (unpaired) electrons. The number of rotatable bonds is 5. The van der Waals surface area contributed by atoms with Crippen molar-refractivity contribution in [1.82, 2.24) is 38.3 Å². The number of imidazole rings is 1. The maximum atomic E-state index is 12.7. The zero-order chi connectivity index (χ0) is 23.6. The standard InChI is InChI=1S/C21H18ClN9O3/c1-28-17-16(22)15(34-14-9-25-31-6-5-23-7-13(14)31)8-24-18(17)27-20(28)26-12-10-30(11-3-4-11)21(33)29(2)19(12)32/h5-11H,3-4H2,1-2H3,(H,24,26,27). The lowest BCUT2D eigenvalue weighted by molar-refractivity contribution is 0.486. The summed E-state index contributed by atoms with van der Waals surface area (Å²) in [6.07, 6.45) is 11.4. The number of nitrogens with zero attached hydrogens (tertiary/aromatic N) is 8. The fourth-order valence-electron chi connectivity index (χ4n) is 3.82. The molecule has 172 valence electrons. The Morgan fingerprint density at radius 3 is 2.74 bits per heavy atom. The van der Waals surface area contributed by atoms with Crippen molar-refractivity contribution >= 4 is 39.9 Å². The van der Waals surface area contributed by atoms with Gasteiger partial charge < -0.3 is 14.6 Å². The molecular formula is C21H18ClN9O3. The maximum absolute atomic E-state index is 12.7. The second-order valence-electron chi connectivity index (χ2n) is 8.07. The maximum Gasteiger partial charge on any atom is 0.331 e. The van der Waals surface area contributed by atoms with Gasteiger partial charge in [0, 0.05) is 38.7 Å². The first kappa shape index (κ1) is 20.4. The molecular weight excluding hydrogens is 462 g/mol. The lowest BCUT2D eigenvalue weighted by Gasteiger charge is -2.11. The molecule has 5 heterocycles. The summed E-state index contributed by atoms with van der Waals surface area (Å²) in [4.78, 5) is 38.0. The number of anilines is 2. The number of halogens is 1. The van der Waals surface area contributed by atoms with Crippen LogP contribution in [0.25, 0.3) is 16.7 Å². The minimum atomic E-state index is -0.446. The molecule has 0 unspecified atom stereocenters. The second-order valence-corrected chi connectivity index (χ2v) is 8.45. The number of pyridine rings is 1. The number of fused-ring (bicyclic) bond motifs is 2. The Morgan fingerprint density at radius 1 is 1.12 bits per heavy atom. The van der Waals surface area contributed by atoms with Crippen molar-refractivity contribution in [1.29, 1.82) is 0 Å². The Balaban J connectivity index is 1.39. The minimum absolute atomic E-state index is 0.117. The molecule has 1 fully saturated rings. The van der Waals surface area contributed by atoms with E-state index < -0.39 is 5.56 Å². The van der Waals surface area contributed by atoms with E-state index in [1.165, 1.54) is 13.2 Å². The SMILES string of the molecule is Cn1c(=O)c(Nc2nc3ncc(Oc4cnn5ccncc45)c(Cl)c3n2C)cn(C2CC2)c1=O. The Morgan fingerprint density at radius 2 is 1.94 bits per heavy atom. The lowest BCUT2D eigenvalue weighted by atomic mass is 10.4. The van der Waals surface area contributed by atoms with E-state index in [1.807, 2.05) is 0 Å². The van der Waals surface area contributed by atoms with Gasteiger partial charge in [-0.2, -0.15) is 10.1 Å². The van der Waals surface area contributed by atoms with Gasteiger partial charge >= 0.3 is 5.69 Å². The van der Waals surface area contributed by atoms with Gasteiger partial charge in [0.05, 0.1) is 18.6 Å². The van der Waals surface area contributed by atoms with Gasteiger partial charge in [0.15, 0.2) is 17.1 Å². The predicted octanol–water partition coefficient (Wildman–Crippen LogP) is 2.40. The van der Waals surface area contributed by atoms with Crippen molar-refractivity contribution in [3.63, 3.8) is 0 Å². The van der Waals surface area contributed by atoms with Crippen molar-refractivity contribution in [2.75, 3.05) is 5.32 Å². The van der Waals surface area contributed by atoms with E-state index in [-0.39, 0.29) is 17.4 Å². The first-order valence-corrected chi connectivity index (χ1v) is 10.9. The summed E-state index contributed by atoms with van der Waals surface area (Å²) in [5.41, 5.74) is 1.02. The third kappa shape index (κ3) is 3.14. The number of aryl methyl sites for hydroxylation is 1. The van der Waals surface area contributed by atoms with E-state index >= 15 is 0 Å². The van der Waals surface area contributed by atoms with Gasteiger partial charge in [0.2, 0.25) is 5.95 Å². The van der Waals surface area contributed by atoms with Crippen LogP contribution in [-0.2, 0) is 14.1 Å². The fourth-order valence-corrected chi connectivity index (χ4v) is 4.11. The van der Waals surface area contributed by atoms with E-state index in [4.69, 9.17) is 16.3 Å². The average molecular weight is 480 g/mol. The predicted molar refractivity (Wildman–Crippen MR) is 124 cm³/mol. The Labute approximate surface area is 196 Å². The molecule has 1 N–H and O–H groups in total. The normalized spacial score (nSPS) is 13.6. The molecule has 5 aromatic rings. The molecule has 6 rings (SSSR count). The van der Waals surface area contributed by atoms with E-state index in [9.17, 15) is 9.59 Å². The molecule has 0 aliphatic heterocycles. The number of hydrogen-bond acceptors (Lipinski definition) is 8. The summed E-state index contributed by atoms with van der Waals surface area (Å²) in [6, 6.07) is 0.117. The Kier molecular flexibility index (Phi) is 4.45. The van der Waals surface area contributed by atoms with Crippen LogP contribution in [0.2, 0.25) is 5.02 Å². The molecule has 13 heteroatoms. The number of aromatic nitrogens is 8. The number of ether oxygens (including phenoxy) is 1. The molecule has 0 amide bonds. The van der Waals surface area contributed by atoms with Crippen LogP contribution in [0.15, 0.2) is 46.8 Å². The average Bonchev–Trinajstić information content (AvgIpc) is 3.52. The molecule has 0 bridgehead atoms. The summed E-state index contributed by atoms with van der Waals surface area (Å²) >= 11 is 6.68. The van der Waals surface area contributed by atoms with E-state index in [2.05, 4.69) is 25.4 Å². The highest BCUT2D eigenvalue weighted by Gasteiger charge is 2.27. The van der Waals surface area contributed by atoms with Gasteiger partial charge in [-0.15, -0.1) is 0 Å². The minimum Gasteiger partial charge on any atom is -0.450 e. The van der Waals surface area contributed by atoms with Crippen molar-refractivity contribution in [3.8, 4) is 11.5 Å². The third-order valence-electron chi connectivity index (χ3n) is 5.81. The second kappa shape index (κ2) is 7.42. The zero-order valence-corrected chi connectivity index (χ0v) is 18.9. The highest BCUT2D eigenvalue weighted by atomic mass is 35.5. The summed E-state index contributed by atoms with van der Waals surface area (Å²) in [6.45, 7) is 0. The number of hydrogen-bond donors (Lipinski definition) is 1. The van der Waals surface area contributed by atoms with Crippen molar-refractivity contribution in [2.45, 2.75) is 18.9 Å². The summed E-state index contributed by atoms with van der Waals surface area (Å²) in [7, 11) is 3.21. The molecule has 5 aromatic heterocycles. The van der Waals surface area contributed by atoms with Gasteiger partial charge in [0.25, 0.3) is 5.56 Å². The topological polar surface area (TPSA) is 126 Å². The van der Waals surface area contributed by atoms with E-state index in [0.717, 1.165) is 17.4 Å². The lowest BCUT2D eigenvalue weighted by Crippen LogP contribution is -2.38. The van der Waals surface area contributed by atoms with Crippen LogP contribution in [0.1, 0.15) is 18.9 Å². The quantitative estimate of drug-likeness (QED) is 0.407. The van der Waals surface area contributed by atoms with Gasteiger partial charge in [-0.05, 0) is 12.8 Å². The summed E-state index contributed by atoms with van der Waals surface area (Å²) in [5.74, 6) is 1.14. The first-order valence-electron chi connectivity index (χ1n) is 10.5. The van der Waals surface area contributed by atoms with Crippen LogP contribution in [0, 0.1) is 0 Å². The van der Waals surface area contributed by atoms with Crippen LogP contribution in [0.5, 0.6) is 11.5 Å². The van der Waals surface area contributed by atoms with Crippen molar-refractivity contribution in [2.24, 2.45) is 14.1 Å². The first-order chi connectivity index (χ1) is 16.4. The fraction of sp³-hybridized carbons (Fsp3) is 0.238. The molecule has 0 aromatic carbocycles.